The molecular formula is C21H20BrIN2O3. The molecule has 0 saturated heterocycles. The number of rotatable bonds is 7. The lowest BCUT2D eigenvalue weighted by Gasteiger charge is -2.17. The van der Waals surface area contributed by atoms with Crippen LogP contribution in [0.1, 0.15) is 26.3 Å². The number of benzene rings is 2. The summed E-state index contributed by atoms with van der Waals surface area (Å²) in [7, 11) is 0. The highest BCUT2D eigenvalue weighted by molar-refractivity contribution is 14.1. The van der Waals surface area contributed by atoms with Gasteiger partial charge in [-0.05, 0) is 91.4 Å². The maximum atomic E-state index is 12.5. The van der Waals surface area contributed by atoms with E-state index in [0.29, 0.717) is 29.4 Å². The van der Waals surface area contributed by atoms with E-state index in [0.717, 1.165) is 8.04 Å². The smallest absolute Gasteiger partial charge is 0.266 e. The molecule has 1 N–H and O–H groups in total. The average molecular weight is 555 g/mol. The predicted octanol–water partition coefficient (Wildman–Crippen LogP) is 5.79. The molecule has 0 aliphatic heterocycles. The van der Waals surface area contributed by atoms with Crippen LogP contribution in [0, 0.1) is 14.9 Å². The first kappa shape index (κ1) is 22.2. The number of anilines is 1. The second-order valence-electron chi connectivity index (χ2n) is 6.06. The van der Waals surface area contributed by atoms with Crippen LogP contribution in [0.4, 0.5) is 5.69 Å². The van der Waals surface area contributed by atoms with Crippen molar-refractivity contribution < 1.29 is 14.3 Å². The zero-order valence-electron chi connectivity index (χ0n) is 15.8. The Bertz CT molecular complexity index is 918. The zero-order chi connectivity index (χ0) is 20.7. The minimum absolute atomic E-state index is 0.000436. The number of nitriles is 1. The van der Waals surface area contributed by atoms with Crippen molar-refractivity contribution in [3.05, 3.63) is 55.6 Å². The van der Waals surface area contributed by atoms with Gasteiger partial charge in [-0.1, -0.05) is 15.9 Å². The number of hydrogen-bond donors (Lipinski definition) is 1. The highest BCUT2D eigenvalue weighted by Crippen LogP contribution is 2.35. The molecule has 2 rings (SSSR count). The van der Waals surface area contributed by atoms with Crippen LogP contribution in [0.2, 0.25) is 0 Å². The Morgan fingerprint density at radius 2 is 2.00 bits per heavy atom. The fraction of sp³-hybridized carbons (Fsp3) is 0.238. The van der Waals surface area contributed by atoms with Crippen LogP contribution >= 0.6 is 38.5 Å². The second-order valence-corrected chi connectivity index (χ2v) is 8.14. The van der Waals surface area contributed by atoms with E-state index < -0.39 is 5.91 Å². The van der Waals surface area contributed by atoms with Crippen molar-refractivity contribution in [3.63, 3.8) is 0 Å². The molecule has 1 amide bonds. The molecule has 0 unspecified atom stereocenters. The molecule has 0 atom stereocenters. The quantitative estimate of drug-likeness (QED) is 0.267. The van der Waals surface area contributed by atoms with Crippen molar-refractivity contribution in [2.45, 2.75) is 26.9 Å². The van der Waals surface area contributed by atoms with Crippen LogP contribution in [0.15, 0.2) is 46.4 Å². The van der Waals surface area contributed by atoms with Crippen LogP contribution in [-0.4, -0.2) is 18.6 Å². The van der Waals surface area contributed by atoms with Crippen LogP contribution in [0.25, 0.3) is 6.08 Å². The average Bonchev–Trinajstić information content (AvgIpc) is 2.64. The molecule has 146 valence electrons. The predicted molar refractivity (Wildman–Crippen MR) is 122 cm³/mol. The Balaban J connectivity index is 2.33. The number of carbonyl (C=O) groups is 1. The number of nitrogens with zero attached hydrogens (tertiary/aromatic N) is 1. The Labute approximate surface area is 187 Å². The first-order valence-corrected chi connectivity index (χ1v) is 10.5. The lowest BCUT2D eigenvalue weighted by Crippen LogP contribution is -2.13. The zero-order valence-corrected chi connectivity index (χ0v) is 19.5. The largest absolute Gasteiger partial charge is 0.490 e. The molecule has 0 heterocycles. The van der Waals surface area contributed by atoms with E-state index in [4.69, 9.17) is 9.47 Å². The van der Waals surface area contributed by atoms with Gasteiger partial charge in [0.2, 0.25) is 0 Å². The van der Waals surface area contributed by atoms with Crippen molar-refractivity contribution in [1.82, 2.24) is 0 Å². The second kappa shape index (κ2) is 10.5. The summed E-state index contributed by atoms with van der Waals surface area (Å²) >= 11 is 5.51. The lowest BCUT2D eigenvalue weighted by molar-refractivity contribution is -0.112. The van der Waals surface area contributed by atoms with Gasteiger partial charge in [0.25, 0.3) is 5.91 Å². The normalized spacial score (nSPS) is 11.1. The van der Waals surface area contributed by atoms with Crippen molar-refractivity contribution in [2.75, 3.05) is 11.9 Å². The van der Waals surface area contributed by atoms with Gasteiger partial charge in [0.05, 0.1) is 16.3 Å². The standard InChI is InChI=1S/C21H20BrIN2O3/c1-4-27-19-11-14(10-18(23)20(19)28-13(2)3)9-15(12-24)21(26)25-17-7-5-16(22)6-8-17/h5-11,13H,4H2,1-3H3,(H,25,26)/b15-9+. The van der Waals surface area contributed by atoms with E-state index >= 15 is 0 Å². The molecule has 0 saturated carbocycles. The Morgan fingerprint density at radius 3 is 2.57 bits per heavy atom. The molecule has 28 heavy (non-hydrogen) atoms. The Kier molecular flexibility index (Phi) is 8.33. The van der Waals surface area contributed by atoms with Crippen LogP contribution in [0.3, 0.4) is 0 Å². The Hall–Kier alpha value is -2.05. The highest BCUT2D eigenvalue weighted by Gasteiger charge is 2.15. The van der Waals surface area contributed by atoms with Crippen molar-refractivity contribution in [1.29, 1.82) is 5.26 Å². The molecule has 0 aliphatic rings. The number of amides is 1. The van der Waals surface area contributed by atoms with Crippen molar-refractivity contribution >= 4 is 56.2 Å². The van der Waals surface area contributed by atoms with Crippen LogP contribution < -0.4 is 14.8 Å². The number of hydrogen-bond acceptors (Lipinski definition) is 4. The summed E-state index contributed by atoms with van der Waals surface area (Å²) in [6.45, 7) is 6.26. The summed E-state index contributed by atoms with van der Waals surface area (Å²) < 4.78 is 13.3. The number of nitrogens with one attached hydrogen (secondary N) is 1. The van der Waals surface area contributed by atoms with E-state index in [9.17, 15) is 10.1 Å². The molecular weight excluding hydrogens is 535 g/mol. The van der Waals surface area contributed by atoms with E-state index in [1.165, 1.54) is 6.08 Å². The molecule has 0 bridgehead atoms. The van der Waals surface area contributed by atoms with E-state index in [2.05, 4.69) is 43.8 Å². The summed E-state index contributed by atoms with van der Waals surface area (Å²) in [5.74, 6) is 0.771. The van der Waals surface area contributed by atoms with Gasteiger partial charge in [0.1, 0.15) is 11.6 Å². The maximum Gasteiger partial charge on any atom is 0.266 e. The fourth-order valence-corrected chi connectivity index (χ4v) is 3.35. The molecule has 0 spiro atoms. The van der Waals surface area contributed by atoms with Gasteiger partial charge in [-0.2, -0.15) is 5.26 Å². The number of ether oxygens (including phenoxy) is 2. The van der Waals surface area contributed by atoms with Gasteiger partial charge in [-0.25, -0.2) is 0 Å². The minimum Gasteiger partial charge on any atom is -0.490 e. The maximum absolute atomic E-state index is 12.5. The van der Waals surface area contributed by atoms with E-state index in [1.807, 2.05) is 45.0 Å². The first-order chi connectivity index (χ1) is 13.3. The Morgan fingerprint density at radius 1 is 1.32 bits per heavy atom. The molecule has 7 heteroatoms. The molecule has 0 radical (unpaired) electrons. The van der Waals surface area contributed by atoms with Gasteiger partial charge in [-0.15, -0.1) is 0 Å². The van der Waals surface area contributed by atoms with Crippen molar-refractivity contribution in [2.24, 2.45) is 0 Å². The summed E-state index contributed by atoms with van der Waals surface area (Å²) in [5.41, 5.74) is 1.30. The summed E-state index contributed by atoms with van der Waals surface area (Å²) in [6, 6.07) is 12.7. The molecule has 2 aromatic rings. The van der Waals surface area contributed by atoms with Crippen LogP contribution in [0.5, 0.6) is 11.5 Å². The molecule has 0 aromatic heterocycles. The van der Waals surface area contributed by atoms with E-state index in [1.54, 1.807) is 18.2 Å². The third-order valence-electron chi connectivity index (χ3n) is 3.46. The van der Waals surface area contributed by atoms with E-state index in [-0.39, 0.29) is 11.7 Å². The third kappa shape index (κ3) is 6.24. The topological polar surface area (TPSA) is 71.3 Å². The monoisotopic (exact) mass is 554 g/mol. The summed E-state index contributed by atoms with van der Waals surface area (Å²) in [5, 5.41) is 12.2. The minimum atomic E-state index is -0.472. The fourth-order valence-electron chi connectivity index (χ4n) is 2.33. The lowest BCUT2D eigenvalue weighted by atomic mass is 10.1. The summed E-state index contributed by atoms with van der Waals surface area (Å²) in [4.78, 5) is 12.5. The van der Waals surface area contributed by atoms with Crippen molar-refractivity contribution in [3.8, 4) is 17.6 Å². The van der Waals surface area contributed by atoms with Gasteiger partial charge in [0, 0.05) is 10.2 Å². The molecule has 5 nitrogen and oxygen atoms in total. The molecule has 0 aliphatic carbocycles. The highest BCUT2D eigenvalue weighted by atomic mass is 127. The first-order valence-electron chi connectivity index (χ1n) is 8.65. The van der Waals surface area contributed by atoms with Crippen LogP contribution in [-0.2, 0) is 4.79 Å². The molecule has 2 aromatic carbocycles. The number of carbonyl (C=O) groups excluding carboxylic acids is 1. The SMILES string of the molecule is CCOc1cc(/C=C(\C#N)C(=O)Nc2ccc(Br)cc2)cc(I)c1OC(C)C. The third-order valence-corrected chi connectivity index (χ3v) is 4.79. The van der Waals surface area contributed by atoms with Gasteiger partial charge >= 0.3 is 0 Å². The van der Waals surface area contributed by atoms with Gasteiger partial charge in [-0.3, -0.25) is 4.79 Å². The number of halogens is 2. The van der Waals surface area contributed by atoms with Gasteiger partial charge in [0.15, 0.2) is 11.5 Å². The molecule has 0 fully saturated rings. The van der Waals surface area contributed by atoms with Gasteiger partial charge < -0.3 is 14.8 Å². The summed E-state index contributed by atoms with van der Waals surface area (Å²) in [6.07, 6.45) is 1.54.